The average Bonchev–Trinajstić information content (AvgIpc) is 2.62. The molecule has 0 radical (unpaired) electrons. The van der Waals surface area contributed by atoms with Gasteiger partial charge in [-0.15, -0.1) is 0 Å². The number of benzene rings is 1. The third-order valence-corrected chi connectivity index (χ3v) is 4.07. The van der Waals surface area contributed by atoms with Gasteiger partial charge in [-0.2, -0.15) is 0 Å². The zero-order chi connectivity index (χ0) is 20.1. The van der Waals surface area contributed by atoms with Gasteiger partial charge in [-0.05, 0) is 26.5 Å². The van der Waals surface area contributed by atoms with Crippen LogP contribution in [0.1, 0.15) is 38.3 Å². The lowest BCUT2D eigenvalue weighted by Gasteiger charge is -2.21. The molecule has 0 unspecified atom stereocenters. The van der Waals surface area contributed by atoms with E-state index in [0.29, 0.717) is 18.9 Å². The predicted octanol–water partition coefficient (Wildman–Crippen LogP) is 1.74. The molecule has 0 aliphatic heterocycles. The molecule has 7 heteroatoms. The Labute approximate surface area is 162 Å². The smallest absolute Gasteiger partial charge is 0.222 e. The van der Waals surface area contributed by atoms with Crippen LogP contribution in [0.25, 0.3) is 0 Å². The highest BCUT2D eigenvalue weighted by atomic mass is 16.5. The Balaban J connectivity index is 2.59. The van der Waals surface area contributed by atoms with Crippen LogP contribution in [0.15, 0.2) is 24.3 Å². The number of likely N-dealkylation sites (N-methyl/N-ethyl adjacent to an activating group) is 1. The monoisotopic (exact) mass is 379 g/mol. The lowest BCUT2D eigenvalue weighted by molar-refractivity contribution is -0.122. The van der Waals surface area contributed by atoms with Crippen LogP contribution < -0.4 is 15.4 Å². The Morgan fingerprint density at radius 1 is 1.22 bits per heavy atom. The van der Waals surface area contributed by atoms with Gasteiger partial charge >= 0.3 is 0 Å². The molecule has 0 fully saturated rings. The summed E-state index contributed by atoms with van der Waals surface area (Å²) in [4.78, 5) is 26.1. The zero-order valence-corrected chi connectivity index (χ0v) is 16.9. The van der Waals surface area contributed by atoms with Crippen molar-refractivity contribution in [1.29, 1.82) is 0 Å². The molecule has 0 aliphatic carbocycles. The van der Waals surface area contributed by atoms with Crippen LogP contribution in [-0.2, 0) is 14.3 Å². The molecule has 0 saturated heterocycles. The number of ether oxygens (including phenoxy) is 2. The van der Waals surface area contributed by atoms with E-state index >= 15 is 0 Å². The summed E-state index contributed by atoms with van der Waals surface area (Å²) in [5.41, 5.74) is 0.807. The third kappa shape index (κ3) is 9.40. The number of rotatable bonds is 13. The Hall–Kier alpha value is -2.12. The van der Waals surface area contributed by atoms with E-state index in [1.54, 1.807) is 7.11 Å². The molecular formula is C20H33N3O4. The lowest BCUT2D eigenvalue weighted by Crippen LogP contribution is -2.36. The fourth-order valence-electron chi connectivity index (χ4n) is 2.77. The van der Waals surface area contributed by atoms with Crippen molar-refractivity contribution in [2.45, 2.75) is 32.7 Å². The van der Waals surface area contributed by atoms with E-state index in [9.17, 15) is 9.59 Å². The van der Waals surface area contributed by atoms with E-state index in [2.05, 4.69) is 15.5 Å². The molecule has 2 N–H and O–H groups in total. The van der Waals surface area contributed by atoms with E-state index in [-0.39, 0.29) is 18.2 Å². The second kappa shape index (κ2) is 13.1. The first-order valence-electron chi connectivity index (χ1n) is 9.40. The average molecular weight is 380 g/mol. The summed E-state index contributed by atoms with van der Waals surface area (Å²) in [7, 11) is 3.70. The summed E-state index contributed by atoms with van der Waals surface area (Å²) < 4.78 is 10.7. The quantitative estimate of drug-likeness (QED) is 0.510. The first-order valence-corrected chi connectivity index (χ1v) is 9.40. The van der Waals surface area contributed by atoms with Crippen molar-refractivity contribution in [3.05, 3.63) is 29.8 Å². The van der Waals surface area contributed by atoms with Gasteiger partial charge in [0.2, 0.25) is 11.8 Å². The number of methoxy groups -OCH3 is 1. The van der Waals surface area contributed by atoms with Crippen LogP contribution >= 0.6 is 0 Å². The largest absolute Gasteiger partial charge is 0.494 e. The molecule has 1 rings (SSSR count). The molecule has 0 heterocycles. The second-order valence-corrected chi connectivity index (χ2v) is 6.43. The molecule has 2 amide bonds. The summed E-state index contributed by atoms with van der Waals surface area (Å²) in [6, 6.07) is 7.05. The Morgan fingerprint density at radius 2 is 1.96 bits per heavy atom. The standard InChI is InChI=1S/C20H33N3O4/c1-5-27-19-10-7-6-9-17(19)18(22-16(2)24)15-20(25)21-11-13-23(3)12-8-14-26-4/h6-7,9-10,18H,5,8,11-15H2,1-4H3,(H,21,25)(H,22,24)/t18-/m0/s1. The molecule has 0 saturated carbocycles. The highest BCUT2D eigenvalue weighted by Crippen LogP contribution is 2.27. The van der Waals surface area contributed by atoms with E-state index < -0.39 is 6.04 Å². The van der Waals surface area contributed by atoms with Gasteiger partial charge in [0.05, 0.1) is 19.1 Å². The summed E-state index contributed by atoms with van der Waals surface area (Å²) >= 11 is 0. The number of hydrogen-bond donors (Lipinski definition) is 2. The van der Waals surface area contributed by atoms with E-state index in [1.807, 2.05) is 38.2 Å². The maximum atomic E-state index is 12.4. The molecule has 0 aliphatic rings. The lowest BCUT2D eigenvalue weighted by atomic mass is 10.0. The Kier molecular flexibility index (Phi) is 11.1. The molecular weight excluding hydrogens is 346 g/mol. The molecule has 27 heavy (non-hydrogen) atoms. The van der Waals surface area contributed by atoms with Gasteiger partial charge in [-0.1, -0.05) is 18.2 Å². The van der Waals surface area contributed by atoms with Crippen molar-refractivity contribution in [3.63, 3.8) is 0 Å². The maximum absolute atomic E-state index is 12.4. The second-order valence-electron chi connectivity index (χ2n) is 6.43. The highest BCUT2D eigenvalue weighted by Gasteiger charge is 2.20. The topological polar surface area (TPSA) is 79.9 Å². The van der Waals surface area contributed by atoms with Crippen molar-refractivity contribution in [3.8, 4) is 5.75 Å². The van der Waals surface area contributed by atoms with Crippen molar-refractivity contribution in [2.75, 3.05) is 47.0 Å². The number of nitrogens with one attached hydrogen (secondary N) is 2. The minimum Gasteiger partial charge on any atom is -0.494 e. The number of carbonyl (C=O) groups excluding carboxylic acids is 2. The normalized spacial score (nSPS) is 11.9. The minimum absolute atomic E-state index is 0.106. The molecule has 0 spiro atoms. The van der Waals surface area contributed by atoms with Crippen LogP contribution in [0.2, 0.25) is 0 Å². The number of carbonyl (C=O) groups is 2. The first-order chi connectivity index (χ1) is 13.0. The van der Waals surface area contributed by atoms with Gasteiger partial charge in [-0.25, -0.2) is 0 Å². The Bertz CT molecular complexity index is 580. The zero-order valence-electron chi connectivity index (χ0n) is 16.9. The summed E-state index contributed by atoms with van der Waals surface area (Å²) in [6.45, 7) is 6.83. The van der Waals surface area contributed by atoms with Gasteiger partial charge in [0, 0.05) is 45.8 Å². The molecule has 0 aromatic heterocycles. The molecule has 7 nitrogen and oxygen atoms in total. The molecule has 152 valence electrons. The fraction of sp³-hybridized carbons (Fsp3) is 0.600. The summed E-state index contributed by atoms with van der Waals surface area (Å²) in [5.74, 6) is 0.395. The number of para-hydroxylation sites is 1. The van der Waals surface area contributed by atoms with Crippen LogP contribution in [0.4, 0.5) is 0 Å². The van der Waals surface area contributed by atoms with Gasteiger partial charge < -0.3 is 25.0 Å². The van der Waals surface area contributed by atoms with Crippen LogP contribution in [0.5, 0.6) is 5.75 Å². The number of nitrogens with zero attached hydrogens (tertiary/aromatic N) is 1. The number of hydrogen-bond acceptors (Lipinski definition) is 5. The Morgan fingerprint density at radius 3 is 2.63 bits per heavy atom. The molecule has 1 atom stereocenters. The van der Waals surface area contributed by atoms with Gasteiger partial charge in [0.1, 0.15) is 5.75 Å². The molecule has 1 aromatic rings. The highest BCUT2D eigenvalue weighted by molar-refractivity contribution is 5.79. The third-order valence-electron chi connectivity index (χ3n) is 4.07. The molecule has 0 bridgehead atoms. The van der Waals surface area contributed by atoms with Crippen molar-refractivity contribution in [2.24, 2.45) is 0 Å². The van der Waals surface area contributed by atoms with Crippen LogP contribution in [-0.4, -0.2) is 63.7 Å². The fourth-order valence-corrected chi connectivity index (χ4v) is 2.77. The van der Waals surface area contributed by atoms with E-state index in [1.165, 1.54) is 6.92 Å². The summed E-state index contributed by atoms with van der Waals surface area (Å²) in [6.07, 6.45) is 1.12. The number of amides is 2. The van der Waals surface area contributed by atoms with E-state index in [0.717, 1.165) is 31.7 Å². The maximum Gasteiger partial charge on any atom is 0.222 e. The predicted molar refractivity (Wildman–Crippen MR) is 106 cm³/mol. The van der Waals surface area contributed by atoms with E-state index in [4.69, 9.17) is 9.47 Å². The molecule has 1 aromatic carbocycles. The van der Waals surface area contributed by atoms with Crippen molar-refractivity contribution < 1.29 is 19.1 Å². The van der Waals surface area contributed by atoms with Crippen LogP contribution in [0, 0.1) is 0 Å². The summed E-state index contributed by atoms with van der Waals surface area (Å²) in [5, 5.41) is 5.78. The van der Waals surface area contributed by atoms with Crippen LogP contribution in [0.3, 0.4) is 0 Å². The van der Waals surface area contributed by atoms with Crippen molar-refractivity contribution in [1.82, 2.24) is 15.5 Å². The first kappa shape index (κ1) is 22.9. The van der Waals surface area contributed by atoms with Gasteiger partial charge in [0.15, 0.2) is 0 Å². The SMILES string of the molecule is CCOc1ccccc1[C@H](CC(=O)NCCN(C)CCCOC)NC(C)=O. The minimum atomic E-state index is -0.426. The van der Waals surface area contributed by atoms with Crippen molar-refractivity contribution >= 4 is 11.8 Å². The van der Waals surface area contributed by atoms with Gasteiger partial charge in [0.25, 0.3) is 0 Å². The van der Waals surface area contributed by atoms with Gasteiger partial charge in [-0.3, -0.25) is 9.59 Å².